The minimum atomic E-state index is 0.255. The van der Waals surface area contributed by atoms with E-state index in [9.17, 15) is 10.2 Å². The van der Waals surface area contributed by atoms with E-state index >= 15 is 0 Å². The molecule has 2 N–H and O–H groups in total. The lowest BCUT2D eigenvalue weighted by Crippen LogP contribution is -1.91. The zero-order valence-corrected chi connectivity index (χ0v) is 37.7. The van der Waals surface area contributed by atoms with E-state index < -0.39 is 0 Å². The largest absolute Gasteiger partial charge is 0.508 e. The average Bonchev–Trinajstić information content (AvgIpc) is 3.11. The van der Waals surface area contributed by atoms with E-state index in [-0.39, 0.29) is 5.75 Å². The van der Waals surface area contributed by atoms with Crippen LogP contribution in [0.25, 0.3) is 0 Å². The fourth-order valence-corrected chi connectivity index (χ4v) is 6.62. The highest BCUT2D eigenvalue weighted by Gasteiger charge is 2.10. The zero-order chi connectivity index (χ0) is 41.2. The van der Waals surface area contributed by atoms with Crippen molar-refractivity contribution in [1.29, 1.82) is 0 Å². The third kappa shape index (κ3) is 24.6. The van der Waals surface area contributed by atoms with Crippen LogP contribution in [0.1, 0.15) is 189 Å². The lowest BCUT2D eigenvalue weighted by atomic mass is 9.99. The molecule has 0 fully saturated rings. The number of hydrogen-bond acceptors (Lipinski definition) is 2. The van der Waals surface area contributed by atoms with E-state index in [1.807, 2.05) is 13.8 Å². The summed E-state index contributed by atoms with van der Waals surface area (Å²) in [5.74, 6) is 0.554. The second kappa shape index (κ2) is 28.8. The van der Waals surface area contributed by atoms with E-state index in [1.54, 1.807) is 6.07 Å². The summed E-state index contributed by atoms with van der Waals surface area (Å²) in [6.07, 6.45) is 40.3. The molecule has 0 unspecified atom stereocenters. The number of rotatable bonds is 26. The maximum Gasteiger partial charge on any atom is 0.122 e. The van der Waals surface area contributed by atoms with Crippen molar-refractivity contribution in [3.8, 4) is 11.5 Å². The monoisotopic (exact) mass is 751 g/mol. The standard InChI is InChI=1S/C53H82O2/c1-40(2)21-13-22-41(3)23-14-24-42(4)25-15-26-43(5)27-16-28-44(6)29-17-30-45(7)31-18-32-46(8)33-19-34-47(9)35-20-36-48(10)37-38-51-39-52(54)49(11)50(12)53(51)55/h21,23,25,27,29,31,33,35,37,39,54-55H,13-20,22,24,26,28,30,32,34,36,38H2,1-12H3/b41-23-,42-25+,43-27+,44-29+,45-31+,46-33-,47-35+,48-37-. The summed E-state index contributed by atoms with van der Waals surface area (Å²) < 4.78 is 0. The molecule has 2 nitrogen and oxygen atoms in total. The van der Waals surface area contributed by atoms with Crippen molar-refractivity contribution >= 4 is 0 Å². The second-order valence-electron chi connectivity index (χ2n) is 16.9. The van der Waals surface area contributed by atoms with Gasteiger partial charge in [0.05, 0.1) is 0 Å². The number of hydrogen-bond donors (Lipinski definition) is 2. The van der Waals surface area contributed by atoms with Gasteiger partial charge in [-0.05, 0) is 209 Å². The SMILES string of the molecule is CC(C)=CCC/C(C)=C\CC/C(C)=C/CC/C(C)=C/CC/C(C)=C/CC/C(C)=C/CC/C(C)=C\CC/C(C)=C/CC/C(C)=C\Cc1cc(O)c(C)c(C)c1O. The predicted molar refractivity (Wildman–Crippen MR) is 246 cm³/mol. The Bertz CT molecular complexity index is 1590. The number of phenolic OH excluding ortho intramolecular Hbond substituents is 2. The maximum atomic E-state index is 10.4. The van der Waals surface area contributed by atoms with E-state index in [4.69, 9.17) is 0 Å². The van der Waals surface area contributed by atoms with Crippen molar-refractivity contribution in [3.63, 3.8) is 0 Å². The summed E-state index contributed by atoms with van der Waals surface area (Å²) in [6, 6.07) is 1.69. The normalized spacial score (nSPS) is 14.3. The zero-order valence-electron chi connectivity index (χ0n) is 37.7. The van der Waals surface area contributed by atoms with Gasteiger partial charge in [0.15, 0.2) is 0 Å². The Hall–Kier alpha value is -3.52. The van der Waals surface area contributed by atoms with Gasteiger partial charge in [-0.25, -0.2) is 0 Å². The average molecular weight is 751 g/mol. The molecule has 2 heteroatoms. The third-order valence-electron chi connectivity index (χ3n) is 10.9. The highest BCUT2D eigenvalue weighted by molar-refractivity contribution is 5.51. The van der Waals surface area contributed by atoms with E-state index in [2.05, 4.69) is 124 Å². The van der Waals surface area contributed by atoms with Crippen molar-refractivity contribution in [1.82, 2.24) is 0 Å². The van der Waals surface area contributed by atoms with Gasteiger partial charge in [0.2, 0.25) is 0 Å². The number of benzene rings is 1. The Kier molecular flexibility index (Phi) is 25.9. The molecule has 1 rings (SSSR count). The number of aromatic hydroxyl groups is 2. The van der Waals surface area contributed by atoms with Crippen LogP contribution in [0.4, 0.5) is 0 Å². The molecule has 0 aliphatic heterocycles. The van der Waals surface area contributed by atoms with Gasteiger partial charge in [0.1, 0.15) is 11.5 Å². The Balaban J connectivity index is 2.28. The molecular weight excluding hydrogens is 669 g/mol. The predicted octanol–water partition coefficient (Wildman–Crippen LogP) is 17.0. The molecule has 0 aliphatic carbocycles. The van der Waals surface area contributed by atoms with Crippen LogP contribution in [0.15, 0.2) is 111 Å². The first-order valence-corrected chi connectivity index (χ1v) is 21.5. The summed E-state index contributed by atoms with van der Waals surface area (Å²) in [5.41, 5.74) is 15.5. The molecule has 0 aliphatic rings. The van der Waals surface area contributed by atoms with Crippen molar-refractivity contribution in [3.05, 3.63) is 128 Å². The van der Waals surface area contributed by atoms with Crippen LogP contribution >= 0.6 is 0 Å². The van der Waals surface area contributed by atoms with Gasteiger partial charge in [-0.2, -0.15) is 0 Å². The lowest BCUT2D eigenvalue weighted by molar-refractivity contribution is 0.448. The van der Waals surface area contributed by atoms with Crippen LogP contribution < -0.4 is 0 Å². The van der Waals surface area contributed by atoms with Crippen LogP contribution in [0, 0.1) is 13.8 Å². The smallest absolute Gasteiger partial charge is 0.122 e. The van der Waals surface area contributed by atoms with Gasteiger partial charge < -0.3 is 10.2 Å². The molecule has 0 atom stereocenters. The fraction of sp³-hybridized carbons (Fsp3) is 0.547. The molecule has 306 valence electrons. The van der Waals surface area contributed by atoms with Crippen LogP contribution in [-0.4, -0.2) is 10.2 Å². The highest BCUT2D eigenvalue weighted by Crippen LogP contribution is 2.32. The Morgan fingerprint density at radius 3 is 0.909 bits per heavy atom. The Morgan fingerprint density at radius 1 is 0.382 bits per heavy atom. The first-order valence-electron chi connectivity index (χ1n) is 21.5. The van der Waals surface area contributed by atoms with E-state index in [1.165, 1.54) is 69.4 Å². The molecular formula is C53H82O2. The number of allylic oxidation sites excluding steroid dienone is 18. The maximum absolute atomic E-state index is 10.4. The molecule has 0 spiro atoms. The van der Waals surface area contributed by atoms with Crippen molar-refractivity contribution < 1.29 is 10.2 Å². The molecule has 1 aromatic rings. The molecule has 0 amide bonds. The van der Waals surface area contributed by atoms with Crippen molar-refractivity contribution in [2.45, 2.75) is 192 Å². The van der Waals surface area contributed by atoms with Gasteiger partial charge in [0, 0.05) is 5.56 Å². The van der Waals surface area contributed by atoms with Gasteiger partial charge in [-0.3, -0.25) is 0 Å². The van der Waals surface area contributed by atoms with Gasteiger partial charge in [-0.15, -0.1) is 0 Å². The summed E-state index contributed by atoms with van der Waals surface area (Å²) in [6.45, 7) is 26.2. The van der Waals surface area contributed by atoms with Crippen molar-refractivity contribution in [2.75, 3.05) is 0 Å². The number of phenols is 2. The lowest BCUT2D eigenvalue weighted by Gasteiger charge is -2.10. The molecule has 0 saturated heterocycles. The van der Waals surface area contributed by atoms with Gasteiger partial charge >= 0.3 is 0 Å². The second-order valence-corrected chi connectivity index (χ2v) is 16.9. The van der Waals surface area contributed by atoms with Gasteiger partial charge in [0.25, 0.3) is 0 Å². The molecule has 55 heavy (non-hydrogen) atoms. The summed E-state index contributed by atoms with van der Waals surface area (Å²) in [5, 5.41) is 20.6. The quantitative estimate of drug-likeness (QED) is 0.0731. The van der Waals surface area contributed by atoms with E-state index in [0.717, 1.165) is 100 Å². The summed E-state index contributed by atoms with van der Waals surface area (Å²) in [7, 11) is 0. The first kappa shape index (κ1) is 49.5. The summed E-state index contributed by atoms with van der Waals surface area (Å²) in [4.78, 5) is 0. The Labute approximate surface area is 340 Å². The fourth-order valence-electron chi connectivity index (χ4n) is 6.62. The first-order chi connectivity index (χ1) is 26.1. The van der Waals surface area contributed by atoms with Gasteiger partial charge in [-0.1, -0.05) is 105 Å². The Morgan fingerprint density at radius 2 is 0.636 bits per heavy atom. The van der Waals surface area contributed by atoms with Crippen molar-refractivity contribution in [2.24, 2.45) is 0 Å². The minimum Gasteiger partial charge on any atom is -0.508 e. The molecule has 1 aromatic carbocycles. The van der Waals surface area contributed by atoms with E-state index in [0.29, 0.717) is 12.2 Å². The minimum absolute atomic E-state index is 0.255. The molecule has 0 aromatic heterocycles. The molecule has 0 bridgehead atoms. The molecule has 0 heterocycles. The molecule has 0 radical (unpaired) electrons. The van der Waals surface area contributed by atoms with Crippen LogP contribution in [0.5, 0.6) is 11.5 Å². The van der Waals surface area contributed by atoms with Crippen LogP contribution in [-0.2, 0) is 6.42 Å². The van der Waals surface area contributed by atoms with Crippen LogP contribution in [0.2, 0.25) is 0 Å². The topological polar surface area (TPSA) is 40.5 Å². The highest BCUT2D eigenvalue weighted by atomic mass is 16.3. The summed E-state index contributed by atoms with van der Waals surface area (Å²) >= 11 is 0. The molecule has 0 saturated carbocycles. The van der Waals surface area contributed by atoms with Crippen LogP contribution in [0.3, 0.4) is 0 Å². The third-order valence-corrected chi connectivity index (χ3v) is 10.9.